The van der Waals surface area contributed by atoms with Gasteiger partial charge in [-0.1, -0.05) is 20.8 Å². The summed E-state index contributed by atoms with van der Waals surface area (Å²) < 4.78 is 0. The first-order valence-corrected chi connectivity index (χ1v) is 7.23. The van der Waals surface area contributed by atoms with Crippen molar-refractivity contribution in [3.8, 4) is 0 Å². The highest BCUT2D eigenvalue weighted by Crippen LogP contribution is 2.23. The third kappa shape index (κ3) is 3.31. The van der Waals surface area contributed by atoms with Crippen LogP contribution in [0.5, 0.6) is 0 Å². The summed E-state index contributed by atoms with van der Waals surface area (Å²) in [6.07, 6.45) is 2.55. The van der Waals surface area contributed by atoms with Gasteiger partial charge in [0.25, 0.3) is 0 Å². The molecule has 104 valence electrons. The SMILES string of the molecule is CCC(=O)C1CCN(c2ccc(C(C)C)nn2)CC1. The van der Waals surface area contributed by atoms with Crippen LogP contribution in [0.25, 0.3) is 0 Å². The first-order valence-electron chi connectivity index (χ1n) is 7.23. The molecule has 0 radical (unpaired) electrons. The smallest absolute Gasteiger partial charge is 0.151 e. The molecule has 19 heavy (non-hydrogen) atoms. The van der Waals surface area contributed by atoms with Crippen molar-refractivity contribution in [1.29, 1.82) is 0 Å². The van der Waals surface area contributed by atoms with E-state index in [1.807, 2.05) is 13.0 Å². The van der Waals surface area contributed by atoms with Gasteiger partial charge >= 0.3 is 0 Å². The van der Waals surface area contributed by atoms with E-state index in [9.17, 15) is 4.79 Å². The average molecular weight is 261 g/mol. The number of carbonyl (C=O) groups is 1. The summed E-state index contributed by atoms with van der Waals surface area (Å²) >= 11 is 0. The van der Waals surface area contributed by atoms with E-state index in [1.54, 1.807) is 0 Å². The fourth-order valence-electron chi connectivity index (χ4n) is 2.53. The van der Waals surface area contributed by atoms with E-state index in [-0.39, 0.29) is 5.92 Å². The molecule has 4 nitrogen and oxygen atoms in total. The van der Waals surface area contributed by atoms with E-state index in [0.29, 0.717) is 18.1 Å². The zero-order valence-electron chi connectivity index (χ0n) is 12.1. The molecule has 2 heterocycles. The van der Waals surface area contributed by atoms with E-state index in [1.165, 1.54) is 0 Å². The normalized spacial score (nSPS) is 16.9. The van der Waals surface area contributed by atoms with Crippen molar-refractivity contribution < 1.29 is 4.79 Å². The van der Waals surface area contributed by atoms with E-state index in [2.05, 4.69) is 35.0 Å². The lowest BCUT2D eigenvalue weighted by Crippen LogP contribution is -2.36. The summed E-state index contributed by atoms with van der Waals surface area (Å²) in [4.78, 5) is 13.9. The first-order chi connectivity index (χ1) is 9.11. The molecule has 1 aliphatic rings. The van der Waals surface area contributed by atoms with Gasteiger partial charge in [0.2, 0.25) is 0 Å². The maximum absolute atomic E-state index is 11.7. The van der Waals surface area contributed by atoms with Crippen molar-refractivity contribution in [2.75, 3.05) is 18.0 Å². The van der Waals surface area contributed by atoms with Crippen LogP contribution in [0.2, 0.25) is 0 Å². The quantitative estimate of drug-likeness (QED) is 0.836. The Morgan fingerprint density at radius 1 is 1.32 bits per heavy atom. The van der Waals surface area contributed by atoms with Gasteiger partial charge in [0.1, 0.15) is 5.78 Å². The summed E-state index contributed by atoms with van der Waals surface area (Å²) in [5, 5.41) is 8.57. The molecule has 0 aliphatic carbocycles. The second-order valence-corrected chi connectivity index (χ2v) is 5.55. The van der Waals surface area contributed by atoms with Gasteiger partial charge in [0.15, 0.2) is 5.82 Å². The maximum atomic E-state index is 11.7. The maximum Gasteiger partial charge on any atom is 0.151 e. The van der Waals surface area contributed by atoms with Crippen LogP contribution in [0, 0.1) is 5.92 Å². The Balaban J connectivity index is 1.96. The first kappa shape index (κ1) is 14.0. The molecule has 1 fully saturated rings. The minimum absolute atomic E-state index is 0.254. The molecule has 1 aromatic rings. The third-order valence-electron chi connectivity index (χ3n) is 3.89. The highest BCUT2D eigenvalue weighted by molar-refractivity contribution is 5.80. The van der Waals surface area contributed by atoms with E-state index < -0.39 is 0 Å². The van der Waals surface area contributed by atoms with E-state index in [4.69, 9.17) is 0 Å². The Morgan fingerprint density at radius 3 is 2.47 bits per heavy atom. The van der Waals surface area contributed by atoms with Gasteiger partial charge in [0.05, 0.1) is 5.69 Å². The van der Waals surface area contributed by atoms with Crippen LogP contribution in [0.1, 0.15) is 51.6 Å². The van der Waals surface area contributed by atoms with Crippen LogP contribution in [-0.4, -0.2) is 29.1 Å². The predicted octanol–water partition coefficient (Wildman–Crippen LogP) is 2.80. The monoisotopic (exact) mass is 261 g/mol. The van der Waals surface area contributed by atoms with Gasteiger partial charge in [-0.3, -0.25) is 4.79 Å². The number of Topliss-reactive ketones (excluding diaryl/α,β-unsaturated/α-hetero) is 1. The molecular formula is C15H23N3O. The summed E-state index contributed by atoms with van der Waals surface area (Å²) in [5.74, 6) is 2.01. The van der Waals surface area contributed by atoms with Crippen LogP contribution in [0.4, 0.5) is 5.82 Å². The molecule has 0 amide bonds. The zero-order valence-corrected chi connectivity index (χ0v) is 12.1. The van der Waals surface area contributed by atoms with Gasteiger partial charge in [0, 0.05) is 25.4 Å². The van der Waals surface area contributed by atoms with Crippen LogP contribution < -0.4 is 4.90 Å². The highest BCUT2D eigenvalue weighted by atomic mass is 16.1. The summed E-state index contributed by atoms with van der Waals surface area (Å²) in [5.41, 5.74) is 1.03. The number of ketones is 1. The molecule has 0 aromatic carbocycles. The van der Waals surface area contributed by atoms with Crippen LogP contribution in [0.3, 0.4) is 0 Å². The molecule has 1 aromatic heterocycles. The van der Waals surface area contributed by atoms with Gasteiger partial charge in [-0.2, -0.15) is 5.10 Å². The summed E-state index contributed by atoms with van der Waals surface area (Å²) in [6, 6.07) is 4.10. The number of aromatic nitrogens is 2. The van der Waals surface area contributed by atoms with Crippen LogP contribution in [0.15, 0.2) is 12.1 Å². The van der Waals surface area contributed by atoms with Crippen molar-refractivity contribution in [2.45, 2.75) is 46.0 Å². The Hall–Kier alpha value is -1.45. The lowest BCUT2D eigenvalue weighted by Gasteiger charge is -2.31. The lowest BCUT2D eigenvalue weighted by molar-refractivity contribution is -0.123. The van der Waals surface area contributed by atoms with Gasteiger partial charge in [-0.05, 0) is 30.9 Å². The standard InChI is InChI=1S/C15H23N3O/c1-4-14(19)12-7-9-18(10-8-12)15-6-5-13(11(2)3)16-17-15/h5-6,11-12H,4,7-10H2,1-3H3. The van der Waals surface area contributed by atoms with Gasteiger partial charge < -0.3 is 4.90 Å². The molecule has 0 spiro atoms. The minimum atomic E-state index is 0.254. The van der Waals surface area contributed by atoms with Gasteiger partial charge in [-0.25, -0.2) is 0 Å². The predicted molar refractivity (Wildman–Crippen MR) is 76.4 cm³/mol. The second kappa shape index (κ2) is 6.13. The van der Waals surface area contributed by atoms with Crippen molar-refractivity contribution in [1.82, 2.24) is 10.2 Å². The van der Waals surface area contributed by atoms with Crippen molar-refractivity contribution in [3.05, 3.63) is 17.8 Å². The Bertz CT molecular complexity index is 420. The molecule has 0 atom stereocenters. The molecule has 0 unspecified atom stereocenters. The molecule has 0 saturated carbocycles. The Morgan fingerprint density at radius 2 is 2.00 bits per heavy atom. The minimum Gasteiger partial charge on any atom is -0.355 e. The molecule has 2 rings (SSSR count). The molecule has 0 N–H and O–H groups in total. The van der Waals surface area contributed by atoms with Crippen molar-refractivity contribution >= 4 is 11.6 Å². The largest absolute Gasteiger partial charge is 0.355 e. The molecule has 1 saturated heterocycles. The van der Waals surface area contributed by atoms with E-state index in [0.717, 1.165) is 37.4 Å². The number of hydrogen-bond acceptors (Lipinski definition) is 4. The van der Waals surface area contributed by atoms with Crippen molar-refractivity contribution in [2.24, 2.45) is 5.92 Å². The second-order valence-electron chi connectivity index (χ2n) is 5.55. The highest BCUT2D eigenvalue weighted by Gasteiger charge is 2.24. The average Bonchev–Trinajstić information content (AvgIpc) is 2.46. The topological polar surface area (TPSA) is 46.1 Å². The Kier molecular flexibility index (Phi) is 4.51. The fraction of sp³-hybridized carbons (Fsp3) is 0.667. The van der Waals surface area contributed by atoms with E-state index >= 15 is 0 Å². The fourth-order valence-corrected chi connectivity index (χ4v) is 2.53. The summed E-state index contributed by atoms with van der Waals surface area (Å²) in [7, 11) is 0. The number of piperidine rings is 1. The van der Waals surface area contributed by atoms with Crippen LogP contribution >= 0.6 is 0 Å². The number of rotatable bonds is 4. The summed E-state index contributed by atoms with van der Waals surface area (Å²) in [6.45, 7) is 8.00. The van der Waals surface area contributed by atoms with Crippen LogP contribution in [-0.2, 0) is 4.79 Å². The number of hydrogen-bond donors (Lipinski definition) is 0. The number of nitrogens with zero attached hydrogens (tertiary/aromatic N) is 3. The molecule has 0 bridgehead atoms. The zero-order chi connectivity index (χ0) is 13.8. The lowest BCUT2D eigenvalue weighted by atomic mass is 9.91. The number of anilines is 1. The Labute approximate surface area is 115 Å². The molecular weight excluding hydrogens is 238 g/mol. The van der Waals surface area contributed by atoms with Crippen molar-refractivity contribution in [3.63, 3.8) is 0 Å². The van der Waals surface area contributed by atoms with Gasteiger partial charge in [-0.15, -0.1) is 5.10 Å². The molecule has 4 heteroatoms. The number of carbonyl (C=O) groups excluding carboxylic acids is 1. The third-order valence-corrected chi connectivity index (χ3v) is 3.89. The molecule has 1 aliphatic heterocycles.